The summed E-state index contributed by atoms with van der Waals surface area (Å²) >= 11 is 3.62. The van der Waals surface area contributed by atoms with Crippen molar-refractivity contribution in [1.29, 1.82) is 0 Å². The van der Waals surface area contributed by atoms with Crippen LogP contribution in [0.2, 0.25) is 0 Å². The van der Waals surface area contributed by atoms with Crippen molar-refractivity contribution in [2.45, 2.75) is 90.9 Å². The van der Waals surface area contributed by atoms with Crippen LogP contribution in [-0.4, -0.2) is 45.9 Å². The monoisotopic (exact) mass is 506 g/mol. The number of fused-ring (bicyclic) bond motifs is 3. The van der Waals surface area contributed by atoms with E-state index < -0.39 is 11.2 Å². The molecule has 1 amide bonds. The second-order valence-electron chi connectivity index (χ2n) is 10.6. The van der Waals surface area contributed by atoms with Gasteiger partial charge in [0.1, 0.15) is 11.2 Å². The predicted octanol–water partition coefficient (Wildman–Crippen LogP) is 4.63. The minimum absolute atomic E-state index is 0.00203. The molecule has 6 nitrogen and oxygen atoms in total. The van der Waals surface area contributed by atoms with Gasteiger partial charge in [0.15, 0.2) is 0 Å². The zero-order valence-corrected chi connectivity index (χ0v) is 21.8. The van der Waals surface area contributed by atoms with Gasteiger partial charge in [0.25, 0.3) is 0 Å². The Bertz CT molecular complexity index is 1050. The Morgan fingerprint density at radius 1 is 1.06 bits per heavy atom. The Kier molecular flexibility index (Phi) is 6.99. The molecule has 0 saturated heterocycles. The lowest BCUT2D eigenvalue weighted by Crippen LogP contribution is -2.44. The highest BCUT2D eigenvalue weighted by Crippen LogP contribution is 2.25. The number of halogens is 1. The first kappa shape index (κ1) is 24.6. The topological polar surface area (TPSA) is 60.8 Å². The van der Waals surface area contributed by atoms with Crippen LogP contribution in [0, 0.1) is 0 Å². The third-order valence-corrected chi connectivity index (χ3v) is 6.23. The molecule has 3 rings (SSSR count). The molecule has 0 aliphatic heterocycles. The first-order chi connectivity index (χ1) is 14.8. The van der Waals surface area contributed by atoms with E-state index in [-0.39, 0.29) is 18.2 Å². The molecule has 0 saturated carbocycles. The summed E-state index contributed by atoms with van der Waals surface area (Å²) < 4.78 is 14.2. The molecule has 0 bridgehead atoms. The number of amides is 1. The molecule has 1 aromatic rings. The van der Waals surface area contributed by atoms with E-state index in [1.54, 1.807) is 16.5 Å². The molecule has 1 aromatic heterocycles. The highest BCUT2D eigenvalue weighted by atomic mass is 79.9. The Morgan fingerprint density at radius 3 is 2.34 bits per heavy atom. The predicted molar refractivity (Wildman–Crippen MR) is 130 cm³/mol. The summed E-state index contributed by atoms with van der Waals surface area (Å²) in [5.74, 6) is 0. The molecule has 0 radical (unpaired) electrons. The highest BCUT2D eigenvalue weighted by Gasteiger charge is 2.33. The number of hydrogen-bond acceptors (Lipinski definition) is 4. The van der Waals surface area contributed by atoms with Gasteiger partial charge in [0, 0.05) is 24.0 Å². The molecule has 2 aliphatic rings. The van der Waals surface area contributed by atoms with Gasteiger partial charge in [0.05, 0.1) is 5.35 Å². The van der Waals surface area contributed by atoms with Crippen LogP contribution < -0.4 is 10.6 Å². The fourth-order valence-corrected chi connectivity index (χ4v) is 4.52. The summed E-state index contributed by atoms with van der Waals surface area (Å²) in [6.45, 7) is 11.3. The van der Waals surface area contributed by atoms with Gasteiger partial charge in [0.2, 0.25) is 0 Å². The van der Waals surface area contributed by atoms with Gasteiger partial charge in [-0.05, 0) is 83.7 Å². The lowest BCUT2D eigenvalue weighted by Gasteiger charge is -2.33. The normalized spacial score (nSPS) is 22.4. The number of likely N-dealkylation sites (N-methyl/N-ethyl adjacent to an activating group) is 1. The van der Waals surface area contributed by atoms with Crippen molar-refractivity contribution >= 4 is 40.3 Å². The Morgan fingerprint density at radius 2 is 1.72 bits per heavy atom. The molecule has 0 fully saturated rings. The minimum atomic E-state index is -0.580. The summed E-state index contributed by atoms with van der Waals surface area (Å²) in [5, 5.41) is 1.92. The Balaban J connectivity index is 2.06. The van der Waals surface area contributed by atoms with E-state index in [2.05, 4.69) is 34.2 Å². The number of rotatable bonds is 1. The van der Waals surface area contributed by atoms with Crippen molar-refractivity contribution in [1.82, 2.24) is 9.47 Å². The maximum atomic E-state index is 13.2. The minimum Gasteiger partial charge on any atom is -0.444 e. The van der Waals surface area contributed by atoms with Crippen molar-refractivity contribution in [3.05, 3.63) is 32.4 Å². The van der Waals surface area contributed by atoms with Crippen molar-refractivity contribution in [2.75, 3.05) is 7.05 Å². The van der Waals surface area contributed by atoms with Crippen LogP contribution in [0.25, 0.3) is 12.2 Å². The van der Waals surface area contributed by atoms with Crippen molar-refractivity contribution in [2.24, 2.45) is 0 Å². The molecule has 1 heterocycles. The summed E-state index contributed by atoms with van der Waals surface area (Å²) in [5.41, 5.74) is 0.966. The molecular weight excluding hydrogens is 472 g/mol. The first-order valence-electron chi connectivity index (χ1n) is 11.2. The largest absolute Gasteiger partial charge is 0.444 e. The summed E-state index contributed by atoms with van der Waals surface area (Å²) in [6, 6.07) is 0.00203. The molecule has 0 spiro atoms. The van der Waals surface area contributed by atoms with Gasteiger partial charge in [-0.1, -0.05) is 34.2 Å². The SMILES string of the molecule is CN(C(=O)OC(C)(C)C)C1CCc2c(c3/c(n2C(=O)OC(C)(C)C)=C\CC/C(Br)=C\C=3)C1. The molecule has 176 valence electrons. The van der Waals surface area contributed by atoms with E-state index in [0.717, 1.165) is 45.6 Å². The third-order valence-electron chi connectivity index (χ3n) is 5.57. The number of nitrogens with zero attached hydrogens (tertiary/aromatic N) is 2. The van der Waals surface area contributed by atoms with E-state index >= 15 is 0 Å². The molecule has 2 aliphatic carbocycles. The number of allylic oxidation sites excluding steroid dienone is 2. The summed E-state index contributed by atoms with van der Waals surface area (Å²) in [6.07, 6.45) is 9.40. The van der Waals surface area contributed by atoms with Gasteiger partial charge < -0.3 is 14.4 Å². The number of carbonyl (C=O) groups is 2. The smallest absolute Gasteiger partial charge is 0.419 e. The quantitative estimate of drug-likeness (QED) is 0.556. The molecule has 7 heteroatoms. The molecule has 1 unspecified atom stereocenters. The van der Waals surface area contributed by atoms with Crippen LogP contribution in [0.15, 0.2) is 10.6 Å². The van der Waals surface area contributed by atoms with E-state index in [4.69, 9.17) is 9.47 Å². The van der Waals surface area contributed by atoms with Gasteiger partial charge in [-0.15, -0.1) is 0 Å². The summed E-state index contributed by atoms with van der Waals surface area (Å²) in [7, 11) is 1.80. The van der Waals surface area contributed by atoms with Gasteiger partial charge in [-0.25, -0.2) is 14.2 Å². The third kappa shape index (κ3) is 5.66. The number of aromatic nitrogens is 1. The van der Waals surface area contributed by atoms with Crippen molar-refractivity contribution in [3.8, 4) is 0 Å². The van der Waals surface area contributed by atoms with Gasteiger partial charge >= 0.3 is 12.2 Å². The van der Waals surface area contributed by atoms with Crippen LogP contribution in [0.1, 0.15) is 72.1 Å². The first-order valence-corrected chi connectivity index (χ1v) is 12.0. The number of carbonyl (C=O) groups excluding carboxylic acids is 2. The molecular formula is C25H35BrN2O4. The van der Waals surface area contributed by atoms with E-state index in [0.29, 0.717) is 12.8 Å². The number of hydrogen-bond donors (Lipinski definition) is 0. The lowest BCUT2D eigenvalue weighted by atomic mass is 9.91. The second-order valence-corrected chi connectivity index (χ2v) is 11.6. The molecule has 32 heavy (non-hydrogen) atoms. The maximum absolute atomic E-state index is 13.2. The van der Waals surface area contributed by atoms with E-state index in [1.165, 1.54) is 0 Å². The maximum Gasteiger partial charge on any atom is 0.419 e. The zero-order chi connectivity index (χ0) is 23.8. The van der Waals surface area contributed by atoms with Crippen LogP contribution >= 0.6 is 15.9 Å². The van der Waals surface area contributed by atoms with Gasteiger partial charge in [-0.2, -0.15) is 0 Å². The standard InChI is InChI=1S/C25H35BrN2O4/c1-24(2,3)31-22(29)27(7)17-12-14-21-19(15-17)18-13-11-16(26)9-8-10-20(18)28(21)23(30)32-25(4,5)6/h10-11,13,17H,8-9,12,14-15H2,1-7H3/b16-11+,18-13-,20-10+. The summed E-state index contributed by atoms with van der Waals surface area (Å²) in [4.78, 5) is 27.6. The van der Waals surface area contributed by atoms with Crippen LogP contribution in [0.4, 0.5) is 9.59 Å². The average molecular weight is 507 g/mol. The molecule has 0 aromatic carbocycles. The van der Waals surface area contributed by atoms with Crippen molar-refractivity contribution < 1.29 is 19.1 Å². The lowest BCUT2D eigenvalue weighted by molar-refractivity contribution is 0.0207. The van der Waals surface area contributed by atoms with Gasteiger partial charge in [-0.3, -0.25) is 0 Å². The molecule has 0 N–H and O–H groups in total. The van der Waals surface area contributed by atoms with E-state index in [1.807, 2.05) is 41.5 Å². The second kappa shape index (κ2) is 9.08. The zero-order valence-electron chi connectivity index (χ0n) is 20.3. The fourth-order valence-electron chi connectivity index (χ4n) is 4.16. The van der Waals surface area contributed by atoms with E-state index in [9.17, 15) is 9.59 Å². The van der Waals surface area contributed by atoms with Crippen molar-refractivity contribution in [3.63, 3.8) is 0 Å². The van der Waals surface area contributed by atoms with Crippen LogP contribution in [-0.2, 0) is 22.3 Å². The Hall–Kier alpha value is -2.02. The number of ether oxygens (including phenoxy) is 2. The fraction of sp³-hybridized carbons (Fsp3) is 0.600. The highest BCUT2D eigenvalue weighted by molar-refractivity contribution is 9.11. The molecule has 1 atom stereocenters. The van der Waals surface area contributed by atoms with Crippen LogP contribution in [0.3, 0.4) is 0 Å². The van der Waals surface area contributed by atoms with Crippen LogP contribution in [0.5, 0.6) is 0 Å². The Labute approximate surface area is 199 Å². The average Bonchev–Trinajstić information content (AvgIpc) is 2.93.